The SMILES string of the molecule is CC(C)C1C(O)N1c1ccccc1. The number of benzene rings is 1. The normalized spacial score (nSPS) is 26.6. The molecule has 0 aliphatic carbocycles. The maximum atomic E-state index is 9.64. The standard InChI is InChI=1S/C11H15NO/c1-8(2)10-11(13)12(10)9-6-4-3-5-7-9/h3-8,10-11,13H,1-2H3. The van der Waals surface area contributed by atoms with Gasteiger partial charge in [0.15, 0.2) is 0 Å². The number of para-hydroxylation sites is 1. The molecule has 2 nitrogen and oxygen atoms in total. The van der Waals surface area contributed by atoms with Gasteiger partial charge >= 0.3 is 0 Å². The van der Waals surface area contributed by atoms with E-state index in [9.17, 15) is 5.11 Å². The van der Waals surface area contributed by atoms with Gasteiger partial charge in [0.05, 0.1) is 6.04 Å². The van der Waals surface area contributed by atoms with Crippen molar-refractivity contribution in [3.05, 3.63) is 30.3 Å². The molecule has 70 valence electrons. The molecule has 2 heteroatoms. The topological polar surface area (TPSA) is 23.2 Å². The first-order valence-corrected chi connectivity index (χ1v) is 4.73. The number of hydrogen-bond acceptors (Lipinski definition) is 2. The Morgan fingerprint density at radius 3 is 2.31 bits per heavy atom. The number of hydrogen-bond donors (Lipinski definition) is 1. The van der Waals surface area contributed by atoms with Gasteiger partial charge < -0.3 is 10.0 Å². The van der Waals surface area contributed by atoms with Gasteiger partial charge in [-0.2, -0.15) is 0 Å². The van der Waals surface area contributed by atoms with Gasteiger partial charge in [-0.25, -0.2) is 0 Å². The molecule has 0 bridgehead atoms. The van der Waals surface area contributed by atoms with E-state index >= 15 is 0 Å². The lowest BCUT2D eigenvalue weighted by atomic mass is 10.1. The summed E-state index contributed by atoms with van der Waals surface area (Å²) in [6.45, 7) is 4.27. The highest BCUT2D eigenvalue weighted by Crippen LogP contribution is 2.37. The van der Waals surface area contributed by atoms with Crippen LogP contribution in [-0.4, -0.2) is 17.4 Å². The van der Waals surface area contributed by atoms with Crippen LogP contribution in [0.1, 0.15) is 13.8 Å². The minimum atomic E-state index is -0.276. The quantitative estimate of drug-likeness (QED) is 0.697. The van der Waals surface area contributed by atoms with E-state index in [2.05, 4.69) is 13.8 Å². The summed E-state index contributed by atoms with van der Waals surface area (Å²) < 4.78 is 0. The van der Waals surface area contributed by atoms with Crippen molar-refractivity contribution < 1.29 is 5.11 Å². The average molecular weight is 177 g/mol. The Hall–Kier alpha value is -1.02. The van der Waals surface area contributed by atoms with Gasteiger partial charge in [0.1, 0.15) is 6.23 Å². The van der Waals surface area contributed by atoms with Crippen molar-refractivity contribution in [2.45, 2.75) is 26.1 Å². The molecule has 1 aromatic carbocycles. The highest BCUT2D eigenvalue weighted by atomic mass is 16.3. The lowest BCUT2D eigenvalue weighted by Crippen LogP contribution is -2.05. The summed E-state index contributed by atoms with van der Waals surface area (Å²) >= 11 is 0. The summed E-state index contributed by atoms with van der Waals surface area (Å²) in [7, 11) is 0. The zero-order chi connectivity index (χ0) is 9.42. The summed E-state index contributed by atoms with van der Waals surface area (Å²) in [5, 5.41) is 9.64. The first-order valence-electron chi connectivity index (χ1n) is 4.73. The predicted octanol–water partition coefficient (Wildman–Crippen LogP) is 1.85. The number of nitrogens with zero attached hydrogens (tertiary/aromatic N) is 1. The maximum absolute atomic E-state index is 9.64. The van der Waals surface area contributed by atoms with Crippen LogP contribution in [0.3, 0.4) is 0 Å². The van der Waals surface area contributed by atoms with E-state index in [1.807, 2.05) is 35.2 Å². The minimum absolute atomic E-state index is 0.276. The first kappa shape index (κ1) is 8.57. The van der Waals surface area contributed by atoms with E-state index in [4.69, 9.17) is 0 Å². The third-order valence-corrected chi connectivity index (χ3v) is 2.56. The summed E-state index contributed by atoms with van der Waals surface area (Å²) in [5.41, 5.74) is 1.12. The molecule has 1 aliphatic rings. The lowest BCUT2D eigenvalue weighted by Gasteiger charge is -2.05. The fourth-order valence-electron chi connectivity index (χ4n) is 1.83. The number of rotatable bonds is 2. The Balaban J connectivity index is 2.14. The monoisotopic (exact) mass is 177 g/mol. The van der Waals surface area contributed by atoms with Crippen LogP contribution >= 0.6 is 0 Å². The molecule has 1 aromatic rings. The van der Waals surface area contributed by atoms with Gasteiger partial charge in [0, 0.05) is 5.69 Å². The van der Waals surface area contributed by atoms with E-state index in [0.29, 0.717) is 12.0 Å². The van der Waals surface area contributed by atoms with E-state index in [-0.39, 0.29) is 6.23 Å². The van der Waals surface area contributed by atoms with Crippen LogP contribution in [0, 0.1) is 5.92 Å². The van der Waals surface area contributed by atoms with Crippen LogP contribution in [0.2, 0.25) is 0 Å². The number of aliphatic hydroxyl groups is 1. The molecule has 2 rings (SSSR count). The molecule has 0 spiro atoms. The zero-order valence-corrected chi connectivity index (χ0v) is 8.01. The molecule has 2 atom stereocenters. The summed E-state index contributed by atoms with van der Waals surface area (Å²) in [6.07, 6.45) is -0.276. The van der Waals surface area contributed by atoms with E-state index in [1.54, 1.807) is 0 Å². The van der Waals surface area contributed by atoms with Crippen LogP contribution in [-0.2, 0) is 0 Å². The summed E-state index contributed by atoms with van der Waals surface area (Å²) in [5.74, 6) is 0.509. The van der Waals surface area contributed by atoms with Crippen LogP contribution in [0.5, 0.6) is 0 Å². The van der Waals surface area contributed by atoms with Crippen molar-refractivity contribution in [3.63, 3.8) is 0 Å². The van der Waals surface area contributed by atoms with Gasteiger partial charge in [-0.05, 0) is 18.1 Å². The highest BCUT2D eigenvalue weighted by Gasteiger charge is 2.48. The molecule has 1 N–H and O–H groups in total. The van der Waals surface area contributed by atoms with Crippen molar-refractivity contribution in [2.24, 2.45) is 5.92 Å². The Labute approximate surface area is 78.8 Å². The average Bonchev–Trinajstić information content (AvgIpc) is 2.79. The van der Waals surface area contributed by atoms with Gasteiger partial charge in [0.25, 0.3) is 0 Å². The second kappa shape index (κ2) is 3.04. The van der Waals surface area contributed by atoms with Crippen molar-refractivity contribution >= 4 is 5.69 Å². The largest absolute Gasteiger partial charge is 0.371 e. The molecular formula is C11H15NO. The summed E-state index contributed by atoms with van der Waals surface area (Å²) in [4.78, 5) is 2.05. The molecule has 0 saturated carbocycles. The molecular weight excluding hydrogens is 162 g/mol. The fraction of sp³-hybridized carbons (Fsp3) is 0.455. The lowest BCUT2D eigenvalue weighted by molar-refractivity contribution is 0.262. The van der Waals surface area contributed by atoms with Crippen LogP contribution in [0.4, 0.5) is 5.69 Å². The second-order valence-electron chi connectivity index (χ2n) is 3.89. The van der Waals surface area contributed by atoms with Gasteiger partial charge in [-0.1, -0.05) is 32.0 Å². The zero-order valence-electron chi connectivity index (χ0n) is 8.01. The molecule has 1 heterocycles. The molecule has 1 saturated heterocycles. The molecule has 1 fully saturated rings. The van der Waals surface area contributed by atoms with Crippen LogP contribution in [0.15, 0.2) is 30.3 Å². The van der Waals surface area contributed by atoms with E-state index in [1.165, 1.54) is 0 Å². The number of aliphatic hydroxyl groups excluding tert-OH is 1. The van der Waals surface area contributed by atoms with Gasteiger partial charge in [-0.15, -0.1) is 0 Å². The Morgan fingerprint density at radius 1 is 1.23 bits per heavy atom. The molecule has 0 amide bonds. The molecule has 1 aliphatic heterocycles. The first-order chi connectivity index (χ1) is 6.22. The Bertz CT molecular complexity index is 283. The van der Waals surface area contributed by atoms with Crippen molar-refractivity contribution in [2.75, 3.05) is 4.90 Å². The fourth-order valence-corrected chi connectivity index (χ4v) is 1.83. The van der Waals surface area contributed by atoms with Gasteiger partial charge in [0.2, 0.25) is 0 Å². The van der Waals surface area contributed by atoms with Crippen molar-refractivity contribution in [1.29, 1.82) is 0 Å². The Morgan fingerprint density at radius 2 is 1.85 bits per heavy atom. The molecule has 13 heavy (non-hydrogen) atoms. The van der Waals surface area contributed by atoms with Crippen LogP contribution in [0.25, 0.3) is 0 Å². The predicted molar refractivity (Wildman–Crippen MR) is 53.6 cm³/mol. The molecule has 2 unspecified atom stereocenters. The minimum Gasteiger partial charge on any atom is -0.371 e. The van der Waals surface area contributed by atoms with Gasteiger partial charge in [-0.3, -0.25) is 0 Å². The van der Waals surface area contributed by atoms with Crippen molar-refractivity contribution in [1.82, 2.24) is 0 Å². The Kier molecular flexibility index (Phi) is 2.00. The third kappa shape index (κ3) is 1.42. The smallest absolute Gasteiger partial charge is 0.148 e. The van der Waals surface area contributed by atoms with Crippen LogP contribution < -0.4 is 4.90 Å². The summed E-state index contributed by atoms with van der Waals surface area (Å²) in [6, 6.07) is 10.4. The highest BCUT2D eigenvalue weighted by molar-refractivity contribution is 5.55. The van der Waals surface area contributed by atoms with E-state index in [0.717, 1.165) is 5.69 Å². The third-order valence-electron chi connectivity index (χ3n) is 2.56. The van der Waals surface area contributed by atoms with E-state index < -0.39 is 0 Å². The molecule has 0 aromatic heterocycles. The second-order valence-corrected chi connectivity index (χ2v) is 3.89. The maximum Gasteiger partial charge on any atom is 0.148 e. The molecule has 0 radical (unpaired) electrons. The number of anilines is 1. The van der Waals surface area contributed by atoms with Crippen molar-refractivity contribution in [3.8, 4) is 0 Å².